The molecule has 3 rings (SSSR count). The predicted molar refractivity (Wildman–Crippen MR) is 105 cm³/mol. The van der Waals surface area contributed by atoms with Crippen LogP contribution < -0.4 is 4.90 Å². The first-order valence-electron chi connectivity index (χ1n) is 9.13. The van der Waals surface area contributed by atoms with Crippen LogP contribution in [0.4, 0.5) is 5.69 Å². The molecule has 26 heavy (non-hydrogen) atoms. The number of carbonyl (C=O) groups excluding carboxylic acids is 2. The molecule has 1 saturated heterocycles. The average molecular weight is 350 g/mol. The first-order valence-corrected chi connectivity index (χ1v) is 9.13. The van der Waals surface area contributed by atoms with Gasteiger partial charge in [-0.1, -0.05) is 23.8 Å². The SMILES string of the molecule is CC(=O)c1ccc(N2CCN(CC(=O)c3ccc(C)cc3C)CC2)cc1. The molecule has 1 aliphatic rings. The minimum Gasteiger partial charge on any atom is -0.369 e. The Hall–Kier alpha value is -2.46. The van der Waals surface area contributed by atoms with E-state index in [0.29, 0.717) is 6.54 Å². The molecule has 136 valence electrons. The van der Waals surface area contributed by atoms with Crippen molar-refractivity contribution in [3.05, 3.63) is 64.7 Å². The van der Waals surface area contributed by atoms with Crippen LogP contribution in [0.15, 0.2) is 42.5 Å². The number of benzene rings is 2. The van der Waals surface area contributed by atoms with Gasteiger partial charge in [-0.05, 0) is 50.6 Å². The Kier molecular flexibility index (Phi) is 5.52. The minimum absolute atomic E-state index is 0.0891. The molecule has 1 heterocycles. The average Bonchev–Trinajstić information content (AvgIpc) is 2.62. The van der Waals surface area contributed by atoms with Crippen LogP contribution in [-0.4, -0.2) is 49.2 Å². The van der Waals surface area contributed by atoms with Gasteiger partial charge in [-0.2, -0.15) is 0 Å². The zero-order valence-corrected chi connectivity index (χ0v) is 15.8. The summed E-state index contributed by atoms with van der Waals surface area (Å²) in [5.74, 6) is 0.285. The quantitative estimate of drug-likeness (QED) is 0.774. The summed E-state index contributed by atoms with van der Waals surface area (Å²) < 4.78 is 0. The summed E-state index contributed by atoms with van der Waals surface area (Å²) in [7, 11) is 0. The van der Waals surface area contributed by atoms with Gasteiger partial charge in [0.1, 0.15) is 0 Å². The monoisotopic (exact) mass is 350 g/mol. The summed E-state index contributed by atoms with van der Waals surface area (Å²) in [5.41, 5.74) is 4.95. The lowest BCUT2D eigenvalue weighted by Gasteiger charge is -2.35. The van der Waals surface area contributed by atoms with Crippen LogP contribution in [0.1, 0.15) is 38.8 Å². The number of Topliss-reactive ketones (excluding diaryl/α,β-unsaturated/α-hetero) is 2. The number of hydrogen-bond acceptors (Lipinski definition) is 4. The summed E-state index contributed by atoms with van der Waals surface area (Å²) >= 11 is 0. The Labute approximate surface area is 155 Å². The van der Waals surface area contributed by atoms with Crippen LogP contribution >= 0.6 is 0 Å². The maximum absolute atomic E-state index is 12.6. The van der Waals surface area contributed by atoms with E-state index >= 15 is 0 Å². The normalized spacial score (nSPS) is 15.1. The van der Waals surface area contributed by atoms with Crippen molar-refractivity contribution >= 4 is 17.3 Å². The number of rotatable bonds is 5. The van der Waals surface area contributed by atoms with E-state index in [9.17, 15) is 9.59 Å². The molecule has 1 fully saturated rings. The van der Waals surface area contributed by atoms with E-state index in [1.807, 2.05) is 50.2 Å². The molecular formula is C22H26N2O2. The van der Waals surface area contributed by atoms with Gasteiger partial charge in [0.05, 0.1) is 6.54 Å². The molecule has 1 aliphatic heterocycles. The third-order valence-electron chi connectivity index (χ3n) is 5.06. The second-order valence-electron chi connectivity index (χ2n) is 7.11. The van der Waals surface area contributed by atoms with Crippen molar-refractivity contribution in [3.8, 4) is 0 Å². The Morgan fingerprint density at radius 1 is 0.923 bits per heavy atom. The zero-order valence-electron chi connectivity index (χ0n) is 15.8. The number of carbonyl (C=O) groups is 2. The second kappa shape index (κ2) is 7.83. The highest BCUT2D eigenvalue weighted by molar-refractivity contribution is 5.99. The van der Waals surface area contributed by atoms with Crippen molar-refractivity contribution in [1.29, 1.82) is 0 Å². The van der Waals surface area contributed by atoms with Crippen LogP contribution in [-0.2, 0) is 0 Å². The van der Waals surface area contributed by atoms with Gasteiger partial charge in [0.25, 0.3) is 0 Å². The molecule has 0 aliphatic carbocycles. The third kappa shape index (κ3) is 4.20. The van der Waals surface area contributed by atoms with Gasteiger partial charge in [0, 0.05) is 43.0 Å². The van der Waals surface area contributed by atoms with Crippen molar-refractivity contribution in [3.63, 3.8) is 0 Å². The van der Waals surface area contributed by atoms with E-state index in [0.717, 1.165) is 48.6 Å². The van der Waals surface area contributed by atoms with Crippen LogP contribution in [0.5, 0.6) is 0 Å². The molecule has 0 unspecified atom stereocenters. The lowest BCUT2D eigenvalue weighted by Crippen LogP contribution is -2.48. The van der Waals surface area contributed by atoms with Gasteiger partial charge >= 0.3 is 0 Å². The summed E-state index contributed by atoms with van der Waals surface area (Å²) in [4.78, 5) is 28.5. The maximum Gasteiger partial charge on any atom is 0.177 e. The van der Waals surface area contributed by atoms with Gasteiger partial charge in [-0.15, -0.1) is 0 Å². The Balaban J connectivity index is 1.56. The fourth-order valence-electron chi connectivity index (χ4n) is 3.49. The summed E-state index contributed by atoms with van der Waals surface area (Å²) in [5, 5.41) is 0. The second-order valence-corrected chi connectivity index (χ2v) is 7.11. The van der Waals surface area contributed by atoms with Gasteiger partial charge in [0.2, 0.25) is 0 Å². The first kappa shape index (κ1) is 18.3. The van der Waals surface area contributed by atoms with Crippen molar-refractivity contribution in [2.45, 2.75) is 20.8 Å². The van der Waals surface area contributed by atoms with E-state index < -0.39 is 0 Å². The largest absolute Gasteiger partial charge is 0.369 e. The highest BCUT2D eigenvalue weighted by Crippen LogP contribution is 2.18. The Bertz CT molecular complexity index is 803. The number of aryl methyl sites for hydroxylation is 2. The molecule has 4 heteroatoms. The van der Waals surface area contributed by atoms with Gasteiger partial charge in [-0.3, -0.25) is 14.5 Å². The number of ketones is 2. The molecule has 0 spiro atoms. The zero-order chi connectivity index (χ0) is 18.7. The molecule has 0 aromatic heterocycles. The molecule has 0 atom stereocenters. The van der Waals surface area contributed by atoms with E-state index in [2.05, 4.69) is 15.9 Å². The molecule has 0 saturated carbocycles. The van der Waals surface area contributed by atoms with Crippen LogP contribution in [0.3, 0.4) is 0 Å². The molecule has 0 bridgehead atoms. The Morgan fingerprint density at radius 3 is 2.15 bits per heavy atom. The van der Waals surface area contributed by atoms with E-state index in [4.69, 9.17) is 0 Å². The first-order chi connectivity index (χ1) is 12.4. The van der Waals surface area contributed by atoms with E-state index in [1.54, 1.807) is 6.92 Å². The predicted octanol–water partition coefficient (Wildman–Crippen LogP) is 3.51. The summed E-state index contributed by atoms with van der Waals surface area (Å²) in [6.45, 7) is 9.61. The van der Waals surface area contributed by atoms with Crippen LogP contribution in [0, 0.1) is 13.8 Å². The summed E-state index contributed by atoms with van der Waals surface area (Å²) in [6.07, 6.45) is 0. The van der Waals surface area contributed by atoms with Crippen LogP contribution in [0.25, 0.3) is 0 Å². The molecule has 0 radical (unpaired) electrons. The molecule has 0 N–H and O–H groups in total. The van der Waals surface area contributed by atoms with E-state index in [1.165, 1.54) is 5.56 Å². The fraction of sp³-hybridized carbons (Fsp3) is 0.364. The third-order valence-corrected chi connectivity index (χ3v) is 5.06. The highest BCUT2D eigenvalue weighted by atomic mass is 16.1. The molecule has 2 aromatic carbocycles. The number of hydrogen-bond donors (Lipinski definition) is 0. The lowest BCUT2D eigenvalue weighted by atomic mass is 10.0. The Morgan fingerprint density at radius 2 is 1.58 bits per heavy atom. The van der Waals surface area contributed by atoms with Crippen molar-refractivity contribution in [2.24, 2.45) is 0 Å². The number of nitrogens with zero attached hydrogens (tertiary/aromatic N) is 2. The minimum atomic E-state index is 0.0891. The number of anilines is 1. The van der Waals surface area contributed by atoms with Crippen molar-refractivity contribution in [1.82, 2.24) is 4.90 Å². The van der Waals surface area contributed by atoms with Gasteiger partial charge in [0.15, 0.2) is 11.6 Å². The molecule has 4 nitrogen and oxygen atoms in total. The topological polar surface area (TPSA) is 40.6 Å². The molecule has 2 aromatic rings. The van der Waals surface area contributed by atoms with Crippen LogP contribution in [0.2, 0.25) is 0 Å². The molecular weight excluding hydrogens is 324 g/mol. The smallest absolute Gasteiger partial charge is 0.177 e. The maximum atomic E-state index is 12.6. The van der Waals surface area contributed by atoms with Gasteiger partial charge < -0.3 is 4.90 Å². The summed E-state index contributed by atoms with van der Waals surface area (Å²) in [6, 6.07) is 13.8. The molecule has 0 amide bonds. The van der Waals surface area contributed by atoms with Gasteiger partial charge in [-0.25, -0.2) is 0 Å². The van der Waals surface area contributed by atoms with Crippen molar-refractivity contribution < 1.29 is 9.59 Å². The standard InChI is InChI=1S/C22H26N2O2/c1-16-4-9-21(17(2)14-16)22(26)15-23-10-12-24(13-11-23)20-7-5-19(6-8-20)18(3)25/h4-9,14H,10-13,15H2,1-3H3. The van der Waals surface area contributed by atoms with Crippen molar-refractivity contribution in [2.75, 3.05) is 37.6 Å². The highest BCUT2D eigenvalue weighted by Gasteiger charge is 2.20. The number of piperazine rings is 1. The lowest BCUT2D eigenvalue weighted by molar-refractivity contribution is 0.0925. The fourth-order valence-corrected chi connectivity index (χ4v) is 3.49. The van der Waals surface area contributed by atoms with E-state index in [-0.39, 0.29) is 11.6 Å².